The molecule has 28 heavy (non-hydrogen) atoms. The average Bonchev–Trinajstić information content (AvgIpc) is 2.74. The molecule has 1 aromatic heterocycles. The maximum Gasteiger partial charge on any atom is 0.261 e. The maximum atomic E-state index is 12.4. The number of ether oxygens (including phenoxy) is 2. The molecule has 1 amide bonds. The van der Waals surface area contributed by atoms with Gasteiger partial charge in [0.15, 0.2) is 11.5 Å². The summed E-state index contributed by atoms with van der Waals surface area (Å²) in [7, 11) is 3.16. The maximum absolute atomic E-state index is 12.4. The van der Waals surface area contributed by atoms with E-state index in [0.29, 0.717) is 30.2 Å². The number of amides is 1. The van der Waals surface area contributed by atoms with Gasteiger partial charge in [0.1, 0.15) is 5.56 Å². The van der Waals surface area contributed by atoms with Crippen LogP contribution in [0.4, 0.5) is 0 Å². The van der Waals surface area contributed by atoms with Crippen molar-refractivity contribution in [2.75, 3.05) is 20.8 Å². The second kappa shape index (κ2) is 8.90. The summed E-state index contributed by atoms with van der Waals surface area (Å²) in [6.45, 7) is 0.397. The van der Waals surface area contributed by atoms with Gasteiger partial charge in [-0.2, -0.15) is 0 Å². The third-order valence-corrected chi connectivity index (χ3v) is 4.39. The molecule has 0 atom stereocenters. The van der Waals surface area contributed by atoms with E-state index < -0.39 is 11.5 Å². The second-order valence-corrected chi connectivity index (χ2v) is 6.18. The Morgan fingerprint density at radius 3 is 2.39 bits per heavy atom. The molecule has 6 heteroatoms. The topological polar surface area (TPSA) is 80.4 Å². The number of H-pyrrole nitrogens is 1. The highest BCUT2D eigenvalue weighted by molar-refractivity contribution is 5.94. The van der Waals surface area contributed by atoms with Crippen LogP contribution in [-0.2, 0) is 6.42 Å². The summed E-state index contributed by atoms with van der Waals surface area (Å²) >= 11 is 0. The van der Waals surface area contributed by atoms with Crippen molar-refractivity contribution in [3.05, 3.63) is 82.1 Å². The summed E-state index contributed by atoms with van der Waals surface area (Å²) < 4.78 is 10.5. The Morgan fingerprint density at radius 1 is 0.964 bits per heavy atom. The van der Waals surface area contributed by atoms with E-state index in [1.807, 2.05) is 48.5 Å². The first-order valence-electron chi connectivity index (χ1n) is 8.90. The molecule has 3 aromatic rings. The third-order valence-electron chi connectivity index (χ3n) is 4.39. The van der Waals surface area contributed by atoms with Crippen molar-refractivity contribution in [2.45, 2.75) is 6.42 Å². The zero-order valence-corrected chi connectivity index (χ0v) is 15.8. The molecule has 2 aromatic carbocycles. The van der Waals surface area contributed by atoms with Gasteiger partial charge in [0.25, 0.3) is 11.5 Å². The minimum atomic E-state index is -0.412. The van der Waals surface area contributed by atoms with Crippen LogP contribution in [0.2, 0.25) is 0 Å². The zero-order chi connectivity index (χ0) is 19.9. The van der Waals surface area contributed by atoms with Crippen LogP contribution < -0.4 is 20.3 Å². The van der Waals surface area contributed by atoms with Crippen LogP contribution in [0.5, 0.6) is 11.5 Å². The van der Waals surface area contributed by atoms with Gasteiger partial charge in [-0.1, -0.05) is 36.4 Å². The number of nitrogens with one attached hydrogen (secondary N) is 2. The highest BCUT2D eigenvalue weighted by atomic mass is 16.5. The number of hydrogen-bond donors (Lipinski definition) is 2. The number of hydrogen-bond acceptors (Lipinski definition) is 4. The summed E-state index contributed by atoms with van der Waals surface area (Å²) in [5.74, 6) is 0.890. The predicted molar refractivity (Wildman–Crippen MR) is 108 cm³/mol. The lowest BCUT2D eigenvalue weighted by atomic mass is 10.1. The summed E-state index contributed by atoms with van der Waals surface area (Å²) in [6, 6.07) is 18.4. The molecule has 0 aliphatic rings. The molecule has 3 rings (SSSR count). The molecule has 1 heterocycles. The molecular formula is C22H22N2O4. The molecule has 2 N–H and O–H groups in total. The quantitative estimate of drug-likeness (QED) is 0.662. The van der Waals surface area contributed by atoms with Gasteiger partial charge in [-0.15, -0.1) is 0 Å². The zero-order valence-electron chi connectivity index (χ0n) is 15.8. The molecule has 6 nitrogen and oxygen atoms in total. The molecular weight excluding hydrogens is 356 g/mol. The number of aromatic amines is 1. The van der Waals surface area contributed by atoms with Crippen molar-refractivity contribution in [3.8, 4) is 22.8 Å². The Labute approximate surface area is 163 Å². The van der Waals surface area contributed by atoms with Crippen molar-refractivity contribution in [1.29, 1.82) is 0 Å². The third kappa shape index (κ3) is 4.40. The number of pyridine rings is 1. The normalized spacial score (nSPS) is 10.4. The lowest BCUT2D eigenvalue weighted by Gasteiger charge is -2.10. The summed E-state index contributed by atoms with van der Waals surface area (Å²) in [6.07, 6.45) is 0.603. The van der Waals surface area contributed by atoms with Crippen LogP contribution >= 0.6 is 0 Å². The van der Waals surface area contributed by atoms with Crippen molar-refractivity contribution in [3.63, 3.8) is 0 Å². The smallest absolute Gasteiger partial charge is 0.261 e. The van der Waals surface area contributed by atoms with Gasteiger partial charge in [0, 0.05) is 12.2 Å². The highest BCUT2D eigenvalue weighted by Crippen LogP contribution is 2.27. The van der Waals surface area contributed by atoms with Crippen molar-refractivity contribution >= 4 is 5.91 Å². The van der Waals surface area contributed by atoms with Crippen LogP contribution in [0.15, 0.2) is 65.5 Å². The lowest BCUT2D eigenvalue weighted by Crippen LogP contribution is -2.31. The monoisotopic (exact) mass is 378 g/mol. The molecule has 0 saturated heterocycles. The number of benzene rings is 2. The fourth-order valence-electron chi connectivity index (χ4n) is 2.89. The van der Waals surface area contributed by atoms with E-state index in [0.717, 1.165) is 11.1 Å². The van der Waals surface area contributed by atoms with Gasteiger partial charge in [-0.25, -0.2) is 0 Å². The Balaban J connectivity index is 1.63. The van der Waals surface area contributed by atoms with Crippen molar-refractivity contribution in [2.24, 2.45) is 0 Å². The van der Waals surface area contributed by atoms with Gasteiger partial charge < -0.3 is 19.8 Å². The number of carbonyl (C=O) groups excluding carboxylic acids is 1. The first-order chi connectivity index (χ1) is 13.6. The van der Waals surface area contributed by atoms with E-state index in [-0.39, 0.29) is 5.56 Å². The molecule has 0 radical (unpaired) electrons. The van der Waals surface area contributed by atoms with Crippen molar-refractivity contribution in [1.82, 2.24) is 10.3 Å². The first-order valence-corrected chi connectivity index (χ1v) is 8.90. The van der Waals surface area contributed by atoms with E-state index in [1.54, 1.807) is 26.4 Å². The van der Waals surface area contributed by atoms with E-state index in [1.165, 1.54) is 0 Å². The fourth-order valence-corrected chi connectivity index (χ4v) is 2.89. The van der Waals surface area contributed by atoms with Crippen LogP contribution in [0.25, 0.3) is 11.3 Å². The minimum absolute atomic E-state index is 0.0898. The summed E-state index contributed by atoms with van der Waals surface area (Å²) in [5.41, 5.74) is 2.23. The molecule has 0 fully saturated rings. The van der Waals surface area contributed by atoms with Crippen LogP contribution in [-0.4, -0.2) is 31.7 Å². The Morgan fingerprint density at radius 2 is 1.71 bits per heavy atom. The molecule has 0 bridgehead atoms. The largest absolute Gasteiger partial charge is 0.493 e. The predicted octanol–water partition coefficient (Wildman–Crippen LogP) is 3.03. The first kappa shape index (κ1) is 19.2. The van der Waals surface area contributed by atoms with Gasteiger partial charge in [-0.05, 0) is 41.8 Å². The number of aromatic nitrogens is 1. The number of methoxy groups -OCH3 is 2. The molecule has 144 valence electrons. The van der Waals surface area contributed by atoms with E-state index >= 15 is 0 Å². The highest BCUT2D eigenvalue weighted by Gasteiger charge is 2.11. The molecule has 0 aliphatic carbocycles. The SMILES string of the molecule is COc1ccc(CCNC(=O)c2ccc(-c3ccccc3)[nH]c2=O)cc1OC. The van der Waals surface area contributed by atoms with Gasteiger partial charge in [0.05, 0.1) is 14.2 Å². The van der Waals surface area contributed by atoms with Crippen LogP contribution in [0, 0.1) is 0 Å². The van der Waals surface area contributed by atoms with E-state index in [2.05, 4.69) is 10.3 Å². The Bertz CT molecular complexity index is 1010. The molecule has 0 aliphatic heterocycles. The second-order valence-electron chi connectivity index (χ2n) is 6.18. The fraction of sp³-hybridized carbons (Fsp3) is 0.182. The van der Waals surface area contributed by atoms with Crippen molar-refractivity contribution < 1.29 is 14.3 Å². The molecule has 0 unspecified atom stereocenters. The van der Waals surface area contributed by atoms with Gasteiger partial charge >= 0.3 is 0 Å². The van der Waals surface area contributed by atoms with Gasteiger partial charge in [0.2, 0.25) is 0 Å². The van der Waals surface area contributed by atoms with Gasteiger partial charge in [-0.3, -0.25) is 9.59 Å². The molecule has 0 spiro atoms. The molecule has 0 saturated carbocycles. The standard InChI is InChI=1S/C22H22N2O4/c1-27-19-11-8-15(14-20(19)28-2)12-13-23-21(25)17-9-10-18(24-22(17)26)16-6-4-3-5-7-16/h3-11,14H,12-13H2,1-2H3,(H,23,25)(H,24,26). The summed E-state index contributed by atoms with van der Waals surface area (Å²) in [5, 5.41) is 2.78. The number of carbonyl (C=O) groups is 1. The van der Waals surface area contributed by atoms with Crippen LogP contribution in [0.3, 0.4) is 0 Å². The Kier molecular flexibility index (Phi) is 6.11. The Hall–Kier alpha value is -3.54. The van der Waals surface area contributed by atoms with E-state index in [4.69, 9.17) is 9.47 Å². The van der Waals surface area contributed by atoms with Crippen LogP contribution in [0.1, 0.15) is 15.9 Å². The average molecular weight is 378 g/mol. The summed E-state index contributed by atoms with van der Waals surface area (Å²) in [4.78, 5) is 27.4. The number of rotatable bonds is 7. The lowest BCUT2D eigenvalue weighted by molar-refractivity contribution is 0.0952. The minimum Gasteiger partial charge on any atom is -0.493 e. The van der Waals surface area contributed by atoms with E-state index in [9.17, 15) is 9.59 Å².